The van der Waals surface area contributed by atoms with Gasteiger partial charge in [0.1, 0.15) is 11.8 Å². The van der Waals surface area contributed by atoms with Gasteiger partial charge in [0.2, 0.25) is 0 Å². The molecule has 7 nitrogen and oxygen atoms in total. The quantitative estimate of drug-likeness (QED) is 0.735. The van der Waals surface area contributed by atoms with E-state index in [0.717, 1.165) is 11.1 Å². The SMILES string of the molecule is COC(=O)[C@H]1Cc2ccccc2CN1C(=O)COC(=O)c1ccc(OC)cc1. The lowest BCUT2D eigenvalue weighted by Gasteiger charge is -2.35. The van der Waals surface area contributed by atoms with Gasteiger partial charge in [-0.1, -0.05) is 24.3 Å². The number of ether oxygens (including phenoxy) is 3. The van der Waals surface area contributed by atoms with E-state index in [0.29, 0.717) is 17.7 Å². The van der Waals surface area contributed by atoms with Crippen LogP contribution in [-0.2, 0) is 32.0 Å². The Morgan fingerprint density at radius 1 is 1.00 bits per heavy atom. The smallest absolute Gasteiger partial charge is 0.338 e. The van der Waals surface area contributed by atoms with E-state index in [9.17, 15) is 14.4 Å². The van der Waals surface area contributed by atoms with Crippen molar-refractivity contribution >= 4 is 17.8 Å². The maximum atomic E-state index is 12.7. The molecule has 7 heteroatoms. The molecule has 0 N–H and O–H groups in total. The van der Waals surface area contributed by atoms with Gasteiger partial charge in [-0.05, 0) is 35.4 Å². The van der Waals surface area contributed by atoms with E-state index < -0.39 is 30.5 Å². The summed E-state index contributed by atoms with van der Waals surface area (Å²) >= 11 is 0. The molecule has 0 saturated heterocycles. The highest BCUT2D eigenvalue weighted by molar-refractivity contribution is 5.92. The van der Waals surface area contributed by atoms with Crippen LogP contribution in [0.1, 0.15) is 21.5 Å². The van der Waals surface area contributed by atoms with Crippen molar-refractivity contribution in [1.82, 2.24) is 4.90 Å². The van der Waals surface area contributed by atoms with Crippen molar-refractivity contribution in [2.45, 2.75) is 19.0 Å². The Bertz CT molecular complexity index is 877. The molecule has 3 rings (SSSR count). The number of esters is 2. The average molecular weight is 383 g/mol. The van der Waals surface area contributed by atoms with E-state index in [2.05, 4.69) is 0 Å². The summed E-state index contributed by atoms with van der Waals surface area (Å²) in [6, 6.07) is 13.2. The van der Waals surface area contributed by atoms with E-state index in [1.165, 1.54) is 19.1 Å². The number of hydrogen-bond acceptors (Lipinski definition) is 6. The highest BCUT2D eigenvalue weighted by atomic mass is 16.5. The minimum absolute atomic E-state index is 0.259. The molecule has 1 aliphatic heterocycles. The topological polar surface area (TPSA) is 82.1 Å². The molecule has 146 valence electrons. The van der Waals surface area contributed by atoms with Crippen molar-refractivity contribution in [1.29, 1.82) is 0 Å². The van der Waals surface area contributed by atoms with Crippen molar-refractivity contribution in [3.8, 4) is 5.75 Å². The van der Waals surface area contributed by atoms with Gasteiger partial charge < -0.3 is 19.1 Å². The van der Waals surface area contributed by atoms with Crippen molar-refractivity contribution in [2.24, 2.45) is 0 Å². The standard InChI is InChI=1S/C21H21NO6/c1-26-17-9-7-14(8-10-17)20(24)28-13-19(23)22-12-16-6-4-3-5-15(16)11-18(22)21(25)27-2/h3-10,18H,11-13H2,1-2H3/t18-/m1/s1. The second-order valence-electron chi connectivity index (χ2n) is 6.34. The summed E-state index contributed by atoms with van der Waals surface area (Å²) in [5, 5.41) is 0. The summed E-state index contributed by atoms with van der Waals surface area (Å²) in [7, 11) is 2.82. The number of carbonyl (C=O) groups is 3. The van der Waals surface area contributed by atoms with Crippen LogP contribution < -0.4 is 4.74 Å². The maximum absolute atomic E-state index is 12.7. The summed E-state index contributed by atoms with van der Waals surface area (Å²) in [4.78, 5) is 38.4. The first-order valence-corrected chi connectivity index (χ1v) is 8.78. The van der Waals surface area contributed by atoms with Gasteiger partial charge >= 0.3 is 11.9 Å². The fourth-order valence-corrected chi connectivity index (χ4v) is 3.15. The molecule has 28 heavy (non-hydrogen) atoms. The lowest BCUT2D eigenvalue weighted by molar-refractivity contribution is -0.155. The Labute approximate surface area is 162 Å². The number of carbonyl (C=O) groups excluding carboxylic acids is 3. The van der Waals surface area contributed by atoms with Gasteiger partial charge in [-0.15, -0.1) is 0 Å². The maximum Gasteiger partial charge on any atom is 0.338 e. The first-order chi connectivity index (χ1) is 13.5. The number of methoxy groups -OCH3 is 2. The van der Waals surface area contributed by atoms with Crippen LogP contribution in [0.3, 0.4) is 0 Å². The normalized spacial score (nSPS) is 15.4. The number of hydrogen-bond donors (Lipinski definition) is 0. The van der Waals surface area contributed by atoms with Crippen LogP contribution in [0.5, 0.6) is 5.75 Å². The summed E-state index contributed by atoms with van der Waals surface area (Å²) in [6.45, 7) is -0.199. The summed E-state index contributed by atoms with van der Waals surface area (Å²) in [5.74, 6) is -0.959. The molecule has 0 fully saturated rings. The van der Waals surface area contributed by atoms with Crippen LogP contribution in [0, 0.1) is 0 Å². The highest BCUT2D eigenvalue weighted by Crippen LogP contribution is 2.24. The van der Waals surface area contributed by atoms with Crippen LogP contribution in [0.25, 0.3) is 0 Å². The van der Waals surface area contributed by atoms with Crippen LogP contribution in [0.15, 0.2) is 48.5 Å². The molecule has 0 unspecified atom stereocenters. The van der Waals surface area contributed by atoms with Gasteiger partial charge in [0.15, 0.2) is 6.61 Å². The Morgan fingerprint density at radius 2 is 1.68 bits per heavy atom. The number of benzene rings is 2. The van der Waals surface area contributed by atoms with Crippen molar-refractivity contribution in [3.05, 3.63) is 65.2 Å². The van der Waals surface area contributed by atoms with Crippen LogP contribution in [0.4, 0.5) is 0 Å². The second kappa shape index (κ2) is 8.56. The molecule has 1 amide bonds. The van der Waals surface area contributed by atoms with E-state index in [4.69, 9.17) is 14.2 Å². The Balaban J connectivity index is 1.69. The van der Waals surface area contributed by atoms with Crippen molar-refractivity contribution in [2.75, 3.05) is 20.8 Å². The fourth-order valence-electron chi connectivity index (χ4n) is 3.15. The van der Waals surface area contributed by atoms with Gasteiger partial charge in [-0.25, -0.2) is 9.59 Å². The van der Waals surface area contributed by atoms with E-state index in [-0.39, 0.29) is 6.54 Å². The highest BCUT2D eigenvalue weighted by Gasteiger charge is 2.35. The van der Waals surface area contributed by atoms with Crippen molar-refractivity contribution < 1.29 is 28.6 Å². The predicted octanol–water partition coefficient (Wildman–Crippen LogP) is 1.98. The molecule has 0 saturated carbocycles. The number of nitrogens with zero attached hydrogens (tertiary/aromatic N) is 1. The average Bonchev–Trinajstić information content (AvgIpc) is 2.75. The Morgan fingerprint density at radius 3 is 2.32 bits per heavy atom. The van der Waals surface area contributed by atoms with Gasteiger partial charge in [0, 0.05) is 13.0 Å². The molecular weight excluding hydrogens is 362 g/mol. The summed E-state index contributed by atoms with van der Waals surface area (Å²) in [6.07, 6.45) is 0.362. The van der Waals surface area contributed by atoms with E-state index in [1.54, 1.807) is 24.3 Å². The lowest BCUT2D eigenvalue weighted by atomic mass is 9.94. The molecule has 1 atom stereocenters. The molecule has 2 aromatic rings. The Kier molecular flexibility index (Phi) is 5.93. The van der Waals surface area contributed by atoms with Crippen molar-refractivity contribution in [3.63, 3.8) is 0 Å². The van der Waals surface area contributed by atoms with Gasteiger partial charge in [-0.2, -0.15) is 0 Å². The third-order valence-electron chi connectivity index (χ3n) is 4.69. The van der Waals surface area contributed by atoms with Gasteiger partial charge in [-0.3, -0.25) is 4.79 Å². The van der Waals surface area contributed by atoms with Crippen LogP contribution in [-0.4, -0.2) is 49.6 Å². The third kappa shape index (κ3) is 4.14. The molecule has 1 heterocycles. The molecule has 0 radical (unpaired) electrons. The lowest BCUT2D eigenvalue weighted by Crippen LogP contribution is -2.50. The molecule has 0 spiro atoms. The Hall–Kier alpha value is -3.35. The van der Waals surface area contributed by atoms with E-state index in [1.807, 2.05) is 24.3 Å². The van der Waals surface area contributed by atoms with Crippen LogP contribution in [0.2, 0.25) is 0 Å². The monoisotopic (exact) mass is 383 g/mol. The number of amides is 1. The molecule has 2 aromatic carbocycles. The largest absolute Gasteiger partial charge is 0.497 e. The minimum atomic E-state index is -0.743. The second-order valence-corrected chi connectivity index (χ2v) is 6.34. The van der Waals surface area contributed by atoms with Gasteiger partial charge in [0.05, 0.1) is 19.8 Å². The molecular formula is C21H21NO6. The van der Waals surface area contributed by atoms with Gasteiger partial charge in [0.25, 0.3) is 5.91 Å². The first kappa shape index (κ1) is 19.4. The molecule has 0 bridgehead atoms. The molecule has 0 aromatic heterocycles. The third-order valence-corrected chi connectivity index (χ3v) is 4.69. The molecule has 1 aliphatic rings. The first-order valence-electron chi connectivity index (χ1n) is 8.78. The summed E-state index contributed by atoms with van der Waals surface area (Å²) in [5.41, 5.74) is 2.26. The van der Waals surface area contributed by atoms with E-state index >= 15 is 0 Å². The minimum Gasteiger partial charge on any atom is -0.497 e. The molecule has 0 aliphatic carbocycles. The number of fused-ring (bicyclic) bond motifs is 1. The predicted molar refractivity (Wildman–Crippen MR) is 99.8 cm³/mol. The zero-order chi connectivity index (χ0) is 20.1. The fraction of sp³-hybridized carbons (Fsp3) is 0.286. The summed E-state index contributed by atoms with van der Waals surface area (Å²) < 4.78 is 15.0. The number of rotatable bonds is 5. The zero-order valence-corrected chi connectivity index (χ0v) is 15.7. The zero-order valence-electron chi connectivity index (χ0n) is 15.7. The van der Waals surface area contributed by atoms with Crippen LogP contribution >= 0.6 is 0 Å².